The molecule has 1 N–H and O–H groups in total. The molecule has 1 aliphatic carbocycles. The Hall–Kier alpha value is -1.43. The fraction of sp³-hybridized carbons (Fsp3) is 0.667. The Morgan fingerprint density at radius 3 is 2.62 bits per heavy atom. The van der Waals surface area contributed by atoms with Crippen molar-refractivity contribution in [2.75, 3.05) is 26.7 Å². The minimum Gasteiger partial charge on any atom is -0.393 e. The van der Waals surface area contributed by atoms with Crippen molar-refractivity contribution in [3.63, 3.8) is 0 Å². The third-order valence-electron chi connectivity index (χ3n) is 6.63. The molecule has 1 aromatic rings. The number of carbonyl (C=O) groups is 1. The number of benzene rings is 1. The molecule has 1 amide bonds. The molecule has 3 aliphatic rings. The Morgan fingerprint density at radius 1 is 1.19 bits per heavy atom. The number of rotatable bonds is 4. The first-order chi connectivity index (χ1) is 12.6. The Morgan fingerprint density at radius 2 is 1.92 bits per heavy atom. The van der Waals surface area contributed by atoms with Crippen LogP contribution in [0.15, 0.2) is 24.3 Å². The van der Waals surface area contributed by atoms with Gasteiger partial charge in [-0.15, -0.1) is 0 Å². The predicted molar refractivity (Wildman–Crippen MR) is 100.0 cm³/mol. The average molecular weight is 358 g/mol. The van der Waals surface area contributed by atoms with Crippen molar-refractivity contribution in [2.45, 2.75) is 62.8 Å². The maximum absolute atomic E-state index is 13.1. The van der Waals surface area contributed by atoms with Gasteiger partial charge in [0.1, 0.15) is 0 Å². The molecule has 2 aliphatic heterocycles. The molecular weight excluding hydrogens is 328 g/mol. The van der Waals surface area contributed by atoms with Crippen LogP contribution in [0, 0.1) is 0 Å². The summed E-state index contributed by atoms with van der Waals surface area (Å²) in [6.45, 7) is 4.04. The number of aliphatic hydroxyl groups excluding tert-OH is 1. The molecule has 0 unspecified atom stereocenters. The van der Waals surface area contributed by atoms with Gasteiger partial charge in [0, 0.05) is 25.8 Å². The lowest BCUT2D eigenvalue weighted by Gasteiger charge is -2.42. The molecule has 1 saturated carbocycles. The minimum absolute atomic E-state index is 0.0203. The monoisotopic (exact) mass is 358 g/mol. The number of hydrogen-bond donors (Lipinski definition) is 1. The maximum atomic E-state index is 13.1. The van der Waals surface area contributed by atoms with Crippen LogP contribution < -0.4 is 0 Å². The number of hydrogen-bond acceptors (Lipinski definition) is 4. The number of aliphatic hydroxyl groups is 1. The number of amides is 1. The lowest BCUT2D eigenvalue weighted by Crippen LogP contribution is -2.52. The fourth-order valence-electron chi connectivity index (χ4n) is 5.04. The second-order valence-corrected chi connectivity index (χ2v) is 8.14. The van der Waals surface area contributed by atoms with E-state index < -0.39 is 0 Å². The van der Waals surface area contributed by atoms with Crippen molar-refractivity contribution >= 4 is 5.91 Å². The number of ether oxygens (including phenoxy) is 1. The van der Waals surface area contributed by atoms with Crippen molar-refractivity contribution in [3.05, 3.63) is 35.4 Å². The van der Waals surface area contributed by atoms with E-state index in [1.807, 2.05) is 17.0 Å². The lowest BCUT2D eigenvalue weighted by atomic mass is 9.79. The number of methoxy groups -OCH3 is 1. The molecule has 1 aromatic carbocycles. The maximum Gasteiger partial charge on any atom is 0.254 e. The number of carbonyl (C=O) groups excluding carboxylic acids is 1. The molecule has 0 bridgehead atoms. The molecule has 5 heteroatoms. The van der Waals surface area contributed by atoms with Gasteiger partial charge in [0.05, 0.1) is 17.7 Å². The summed E-state index contributed by atoms with van der Waals surface area (Å²) in [6, 6.07) is 8.06. The van der Waals surface area contributed by atoms with Gasteiger partial charge in [-0.2, -0.15) is 0 Å². The van der Waals surface area contributed by atoms with Gasteiger partial charge in [-0.3, -0.25) is 9.69 Å². The van der Waals surface area contributed by atoms with Crippen LogP contribution in [0.4, 0.5) is 0 Å². The average Bonchev–Trinajstić information content (AvgIpc) is 3.30. The van der Waals surface area contributed by atoms with E-state index in [4.69, 9.17) is 4.74 Å². The van der Waals surface area contributed by atoms with Crippen molar-refractivity contribution in [2.24, 2.45) is 0 Å². The van der Waals surface area contributed by atoms with Gasteiger partial charge in [-0.25, -0.2) is 0 Å². The molecule has 5 nitrogen and oxygen atoms in total. The minimum atomic E-state index is -0.334. The van der Waals surface area contributed by atoms with Crippen molar-refractivity contribution < 1.29 is 14.6 Å². The number of nitrogens with zero attached hydrogens (tertiary/aromatic N) is 2. The van der Waals surface area contributed by atoms with Crippen molar-refractivity contribution in [3.8, 4) is 0 Å². The van der Waals surface area contributed by atoms with Crippen LogP contribution in [0.25, 0.3) is 0 Å². The summed E-state index contributed by atoms with van der Waals surface area (Å²) in [5, 5.41) is 10.1. The number of fused-ring (bicyclic) bond motifs is 1. The molecule has 3 fully saturated rings. The third kappa shape index (κ3) is 3.28. The van der Waals surface area contributed by atoms with E-state index in [-0.39, 0.29) is 23.7 Å². The molecule has 0 spiro atoms. The molecule has 0 radical (unpaired) electrons. The van der Waals surface area contributed by atoms with E-state index in [9.17, 15) is 9.90 Å². The van der Waals surface area contributed by atoms with Crippen LogP contribution in [0.3, 0.4) is 0 Å². The second kappa shape index (κ2) is 7.29. The van der Waals surface area contributed by atoms with Gasteiger partial charge in [0.25, 0.3) is 5.91 Å². The third-order valence-corrected chi connectivity index (χ3v) is 6.63. The van der Waals surface area contributed by atoms with Gasteiger partial charge < -0.3 is 14.7 Å². The van der Waals surface area contributed by atoms with Crippen molar-refractivity contribution in [1.29, 1.82) is 0 Å². The highest BCUT2D eigenvalue weighted by Gasteiger charge is 2.52. The number of likely N-dealkylation sites (tertiary alicyclic amines) is 2. The quantitative estimate of drug-likeness (QED) is 0.898. The molecule has 26 heavy (non-hydrogen) atoms. The van der Waals surface area contributed by atoms with Gasteiger partial charge >= 0.3 is 0 Å². The summed E-state index contributed by atoms with van der Waals surface area (Å²) in [7, 11) is 1.74. The SMILES string of the molecule is CO[C@@]12CC[C@@H](O)C[C@@H]1N(C(=O)c1ccc(CN3CCCC3)cc1)CC2. The standard InChI is InChI=1S/C21H30N2O3/c1-26-21-9-8-18(24)14-19(21)23(13-10-21)20(25)17-6-4-16(5-7-17)15-22-11-2-3-12-22/h4-7,18-19,24H,2-3,8-15H2,1H3/t18-,19+,21-/m1/s1. The van der Waals surface area contributed by atoms with Crippen LogP contribution in [0.2, 0.25) is 0 Å². The first kappa shape index (κ1) is 18.0. The van der Waals surface area contributed by atoms with E-state index in [1.54, 1.807) is 7.11 Å². The van der Waals surface area contributed by atoms with Crippen LogP contribution in [0.1, 0.15) is 54.4 Å². The summed E-state index contributed by atoms with van der Waals surface area (Å²) in [4.78, 5) is 17.5. The van der Waals surface area contributed by atoms with E-state index in [0.29, 0.717) is 13.0 Å². The van der Waals surface area contributed by atoms with Gasteiger partial charge in [0.2, 0.25) is 0 Å². The lowest BCUT2D eigenvalue weighted by molar-refractivity contribution is -0.0824. The molecular formula is C21H30N2O3. The fourth-order valence-corrected chi connectivity index (χ4v) is 5.04. The predicted octanol–water partition coefficient (Wildman–Crippen LogP) is 2.43. The second-order valence-electron chi connectivity index (χ2n) is 8.14. The van der Waals surface area contributed by atoms with E-state index in [2.05, 4.69) is 17.0 Å². The van der Waals surface area contributed by atoms with Crippen LogP contribution >= 0.6 is 0 Å². The van der Waals surface area contributed by atoms with Crippen molar-refractivity contribution in [1.82, 2.24) is 9.80 Å². The van der Waals surface area contributed by atoms with Crippen LogP contribution in [-0.2, 0) is 11.3 Å². The Bertz CT molecular complexity index is 641. The molecule has 142 valence electrons. The summed E-state index contributed by atoms with van der Waals surface area (Å²) in [6.07, 6.45) is 5.32. The Labute approximate surface area is 155 Å². The molecule has 4 rings (SSSR count). The van der Waals surface area contributed by atoms with E-state index >= 15 is 0 Å². The molecule has 0 aromatic heterocycles. The Balaban J connectivity index is 1.46. The normalized spacial score (nSPS) is 32.0. The zero-order chi connectivity index (χ0) is 18.1. The highest BCUT2D eigenvalue weighted by molar-refractivity contribution is 5.94. The van der Waals surface area contributed by atoms with E-state index in [1.165, 1.54) is 31.5 Å². The zero-order valence-corrected chi connectivity index (χ0v) is 15.7. The Kier molecular flexibility index (Phi) is 5.04. The topological polar surface area (TPSA) is 53.0 Å². The summed E-state index contributed by atoms with van der Waals surface area (Å²) < 4.78 is 5.85. The zero-order valence-electron chi connectivity index (χ0n) is 15.7. The smallest absolute Gasteiger partial charge is 0.254 e. The molecule has 2 heterocycles. The molecule has 2 saturated heterocycles. The largest absolute Gasteiger partial charge is 0.393 e. The van der Waals surface area contributed by atoms with Gasteiger partial charge in [-0.1, -0.05) is 12.1 Å². The highest BCUT2D eigenvalue weighted by Crippen LogP contribution is 2.42. The first-order valence-corrected chi connectivity index (χ1v) is 9.97. The van der Waals surface area contributed by atoms with Crippen LogP contribution in [-0.4, -0.2) is 65.3 Å². The summed E-state index contributed by atoms with van der Waals surface area (Å²) in [5.74, 6) is 0.0655. The van der Waals surface area contributed by atoms with Crippen LogP contribution in [0.5, 0.6) is 0 Å². The van der Waals surface area contributed by atoms with E-state index in [0.717, 1.165) is 31.4 Å². The first-order valence-electron chi connectivity index (χ1n) is 9.97. The highest BCUT2D eigenvalue weighted by atomic mass is 16.5. The molecule has 3 atom stereocenters. The summed E-state index contributed by atoms with van der Waals surface area (Å²) in [5.41, 5.74) is 1.73. The van der Waals surface area contributed by atoms with Gasteiger partial charge in [-0.05, 0) is 69.3 Å². The van der Waals surface area contributed by atoms with Gasteiger partial charge in [0.15, 0.2) is 0 Å². The summed E-state index contributed by atoms with van der Waals surface area (Å²) >= 11 is 0.